The molecular weight excluding hydrogens is 444 g/mol. The summed E-state index contributed by atoms with van der Waals surface area (Å²) < 4.78 is 2.41. The van der Waals surface area contributed by atoms with Crippen molar-refractivity contribution in [3.05, 3.63) is 78.1 Å². The molecule has 5 nitrogen and oxygen atoms in total. The van der Waals surface area contributed by atoms with Crippen LogP contribution in [0.2, 0.25) is 0 Å². The van der Waals surface area contributed by atoms with E-state index in [4.69, 9.17) is 0 Å². The van der Waals surface area contributed by atoms with Crippen LogP contribution in [0.4, 0.5) is 0 Å². The van der Waals surface area contributed by atoms with Gasteiger partial charge in [0.2, 0.25) is 5.91 Å². The van der Waals surface area contributed by atoms with Crippen LogP contribution in [0.1, 0.15) is 43.7 Å². The van der Waals surface area contributed by atoms with Gasteiger partial charge < -0.3 is 9.88 Å². The second-order valence-corrected chi connectivity index (χ2v) is 10.8. The van der Waals surface area contributed by atoms with E-state index in [1.807, 2.05) is 24.5 Å². The van der Waals surface area contributed by atoms with Crippen LogP contribution < -0.4 is 5.32 Å². The number of likely N-dealkylation sites (tertiary alicyclic amines) is 1. The summed E-state index contributed by atoms with van der Waals surface area (Å²) in [6, 6.07) is 19.8. The summed E-state index contributed by atoms with van der Waals surface area (Å²) in [6.45, 7) is 7.12. The number of hydrogen-bond donors (Lipinski definition) is 1. The molecule has 1 atom stereocenters. The summed E-state index contributed by atoms with van der Waals surface area (Å²) >= 11 is 0. The smallest absolute Gasteiger partial charge is 0.223 e. The minimum Gasteiger partial charge on any atom is -0.356 e. The Labute approximate surface area is 213 Å². The molecule has 1 amide bonds. The van der Waals surface area contributed by atoms with E-state index in [-0.39, 0.29) is 17.2 Å². The van der Waals surface area contributed by atoms with Gasteiger partial charge in [-0.15, -0.1) is 0 Å². The fraction of sp³-hybridized carbons (Fsp3) is 0.419. The van der Waals surface area contributed by atoms with Gasteiger partial charge in [0, 0.05) is 59.8 Å². The molecule has 0 radical (unpaired) electrons. The van der Waals surface area contributed by atoms with Crippen molar-refractivity contribution in [3.63, 3.8) is 0 Å². The molecule has 1 N–H and O–H groups in total. The maximum absolute atomic E-state index is 12.8. The highest BCUT2D eigenvalue weighted by Crippen LogP contribution is 2.59. The summed E-state index contributed by atoms with van der Waals surface area (Å²) in [4.78, 5) is 19.4. The lowest BCUT2D eigenvalue weighted by Gasteiger charge is -2.32. The molecule has 36 heavy (non-hydrogen) atoms. The van der Waals surface area contributed by atoms with E-state index in [0.29, 0.717) is 0 Å². The number of fused-ring (bicyclic) bond motifs is 3. The summed E-state index contributed by atoms with van der Waals surface area (Å²) in [5, 5.41) is 5.92. The van der Waals surface area contributed by atoms with Gasteiger partial charge in [-0.25, -0.2) is 0 Å². The van der Waals surface area contributed by atoms with E-state index in [0.717, 1.165) is 64.8 Å². The molecule has 5 heteroatoms. The van der Waals surface area contributed by atoms with Crippen molar-refractivity contribution < 1.29 is 4.79 Å². The zero-order valence-electron chi connectivity index (χ0n) is 21.2. The van der Waals surface area contributed by atoms with Crippen LogP contribution in [0.15, 0.2) is 67.0 Å². The second kappa shape index (κ2) is 9.70. The molecule has 1 saturated carbocycles. The number of para-hydroxylation sites is 1. The van der Waals surface area contributed by atoms with Crippen LogP contribution in [0.3, 0.4) is 0 Å². The largest absolute Gasteiger partial charge is 0.356 e. The summed E-state index contributed by atoms with van der Waals surface area (Å²) in [7, 11) is 0. The Morgan fingerprint density at radius 1 is 1.00 bits per heavy atom. The third-order valence-corrected chi connectivity index (χ3v) is 8.61. The van der Waals surface area contributed by atoms with E-state index in [1.54, 1.807) is 0 Å². The van der Waals surface area contributed by atoms with E-state index in [2.05, 4.69) is 69.2 Å². The topological polar surface area (TPSA) is 50.2 Å². The van der Waals surface area contributed by atoms with Crippen molar-refractivity contribution in [1.29, 1.82) is 0 Å². The molecule has 2 aromatic heterocycles. The van der Waals surface area contributed by atoms with Crippen LogP contribution in [-0.4, -0.2) is 40.0 Å². The molecule has 1 aliphatic heterocycles. The highest BCUT2D eigenvalue weighted by molar-refractivity contribution is 6.08. The van der Waals surface area contributed by atoms with Crippen molar-refractivity contribution in [2.75, 3.05) is 19.6 Å². The minimum atomic E-state index is 0.220. The Morgan fingerprint density at radius 3 is 2.58 bits per heavy atom. The van der Waals surface area contributed by atoms with Gasteiger partial charge in [0.1, 0.15) is 0 Å². The molecule has 3 heterocycles. The Kier molecular flexibility index (Phi) is 6.26. The standard InChI is InChI=1S/C31H36N4O/c1-2-35-28-8-4-3-7-25(28)26-20-24(9-10-29(26)35)22-34-18-13-31(14-19-34)21-27(31)30(36)33-15-5-6-23-11-16-32-17-12-23/h3-4,7-12,16-17,20,27H,2,5-6,13-15,18-19,21-22H2,1H3,(H,33,36)/t27-/m1/s1. The van der Waals surface area contributed by atoms with Gasteiger partial charge in [-0.1, -0.05) is 24.3 Å². The van der Waals surface area contributed by atoms with Crippen molar-refractivity contribution in [1.82, 2.24) is 19.8 Å². The molecule has 6 rings (SSSR count). The fourth-order valence-electron chi connectivity index (χ4n) is 6.40. The van der Waals surface area contributed by atoms with Gasteiger partial charge in [-0.05, 0) is 99.0 Å². The summed E-state index contributed by atoms with van der Waals surface area (Å²) in [6.07, 6.45) is 8.97. The van der Waals surface area contributed by atoms with Gasteiger partial charge in [-0.3, -0.25) is 14.7 Å². The van der Waals surface area contributed by atoms with Crippen LogP contribution in [0.25, 0.3) is 21.8 Å². The first-order valence-corrected chi connectivity index (χ1v) is 13.6. The normalized spacial score (nSPS) is 19.2. The molecule has 2 aliphatic rings. The second-order valence-electron chi connectivity index (χ2n) is 10.8. The van der Waals surface area contributed by atoms with E-state index in [9.17, 15) is 4.79 Å². The number of carbonyl (C=O) groups excluding carboxylic acids is 1. The van der Waals surface area contributed by atoms with Gasteiger partial charge in [-0.2, -0.15) is 0 Å². The first kappa shape index (κ1) is 23.2. The van der Waals surface area contributed by atoms with Crippen molar-refractivity contribution in [2.24, 2.45) is 11.3 Å². The number of aromatic nitrogens is 2. The lowest BCUT2D eigenvalue weighted by atomic mass is 9.90. The first-order chi connectivity index (χ1) is 17.7. The number of amides is 1. The molecule has 186 valence electrons. The van der Waals surface area contributed by atoms with Gasteiger partial charge in [0.25, 0.3) is 0 Å². The van der Waals surface area contributed by atoms with Crippen molar-refractivity contribution >= 4 is 27.7 Å². The number of pyridine rings is 1. The summed E-state index contributed by atoms with van der Waals surface area (Å²) in [5.41, 5.74) is 5.57. The maximum atomic E-state index is 12.8. The number of hydrogen-bond acceptors (Lipinski definition) is 3. The highest BCUT2D eigenvalue weighted by Gasteiger charge is 2.58. The van der Waals surface area contributed by atoms with Crippen LogP contribution in [0, 0.1) is 11.3 Å². The molecule has 2 fully saturated rings. The number of aryl methyl sites for hydroxylation is 2. The van der Waals surface area contributed by atoms with Crippen molar-refractivity contribution in [3.8, 4) is 0 Å². The molecular formula is C31H36N4O. The Hall–Kier alpha value is -3.18. The fourth-order valence-corrected chi connectivity index (χ4v) is 6.40. The van der Waals surface area contributed by atoms with E-state index < -0.39 is 0 Å². The van der Waals surface area contributed by atoms with Gasteiger partial charge in [0.15, 0.2) is 0 Å². The monoisotopic (exact) mass is 480 g/mol. The average molecular weight is 481 g/mol. The lowest BCUT2D eigenvalue weighted by Crippen LogP contribution is -2.37. The van der Waals surface area contributed by atoms with Gasteiger partial charge >= 0.3 is 0 Å². The third-order valence-electron chi connectivity index (χ3n) is 8.61. The molecule has 2 aromatic carbocycles. The third kappa shape index (κ3) is 4.41. The SMILES string of the molecule is CCn1c2ccccc2c2cc(CN3CCC4(CC3)C[C@@H]4C(=O)NCCCc3ccncc3)ccc21. The zero-order chi connectivity index (χ0) is 24.5. The molecule has 1 saturated heterocycles. The quantitative estimate of drug-likeness (QED) is 0.336. The van der Waals surface area contributed by atoms with Crippen LogP contribution in [0.5, 0.6) is 0 Å². The number of rotatable bonds is 8. The van der Waals surface area contributed by atoms with Crippen LogP contribution in [-0.2, 0) is 24.3 Å². The Morgan fingerprint density at radius 2 is 1.78 bits per heavy atom. The van der Waals surface area contributed by atoms with Crippen LogP contribution >= 0.6 is 0 Å². The Bertz CT molecular complexity index is 1370. The lowest BCUT2D eigenvalue weighted by molar-refractivity contribution is -0.123. The first-order valence-electron chi connectivity index (χ1n) is 13.6. The number of benzene rings is 2. The van der Waals surface area contributed by atoms with E-state index >= 15 is 0 Å². The number of piperidine rings is 1. The number of nitrogens with zero attached hydrogens (tertiary/aromatic N) is 3. The predicted molar refractivity (Wildman–Crippen MR) is 146 cm³/mol. The summed E-state index contributed by atoms with van der Waals surface area (Å²) in [5.74, 6) is 0.494. The van der Waals surface area contributed by atoms with E-state index in [1.165, 1.54) is 32.9 Å². The number of nitrogens with one attached hydrogen (secondary N) is 1. The van der Waals surface area contributed by atoms with Crippen molar-refractivity contribution in [2.45, 2.75) is 52.1 Å². The predicted octanol–water partition coefficient (Wildman–Crippen LogP) is 5.56. The molecule has 0 bridgehead atoms. The molecule has 0 unspecified atom stereocenters. The minimum absolute atomic E-state index is 0.220. The Balaban J connectivity index is 1.02. The number of carbonyl (C=O) groups is 1. The maximum Gasteiger partial charge on any atom is 0.223 e. The molecule has 4 aromatic rings. The zero-order valence-corrected chi connectivity index (χ0v) is 21.2. The molecule has 1 spiro atoms. The average Bonchev–Trinajstić information content (AvgIpc) is 3.53. The highest BCUT2D eigenvalue weighted by atomic mass is 16.2. The molecule has 1 aliphatic carbocycles. The van der Waals surface area contributed by atoms with Gasteiger partial charge in [0.05, 0.1) is 0 Å².